The number of carbonyl (C=O) groups is 1. The zero-order valence-electron chi connectivity index (χ0n) is 12.4. The van der Waals surface area contributed by atoms with E-state index < -0.39 is 0 Å². The van der Waals surface area contributed by atoms with E-state index in [1.165, 1.54) is 5.56 Å². The highest BCUT2D eigenvalue weighted by Gasteiger charge is 2.23. The molecule has 4 nitrogen and oxygen atoms in total. The Balaban J connectivity index is 0.00000220. The van der Waals surface area contributed by atoms with E-state index in [-0.39, 0.29) is 36.3 Å². The Hall–Kier alpha value is -1.10. The lowest BCUT2D eigenvalue weighted by Gasteiger charge is -2.20. The first-order valence-corrected chi connectivity index (χ1v) is 7.38. The summed E-state index contributed by atoms with van der Waals surface area (Å²) in [5, 5.41) is 15.9. The van der Waals surface area contributed by atoms with Crippen LogP contribution < -0.4 is 10.6 Å². The molecule has 1 aliphatic heterocycles. The highest BCUT2D eigenvalue weighted by Crippen LogP contribution is 2.20. The van der Waals surface area contributed by atoms with E-state index in [0.717, 1.165) is 19.5 Å². The summed E-state index contributed by atoms with van der Waals surface area (Å²) in [6, 6.07) is 10.1. The first kappa shape index (κ1) is 18.0. The van der Waals surface area contributed by atoms with Crippen LogP contribution in [-0.4, -0.2) is 36.8 Å². The van der Waals surface area contributed by atoms with Gasteiger partial charge in [0.25, 0.3) is 0 Å². The van der Waals surface area contributed by atoms with Gasteiger partial charge in [0.1, 0.15) is 0 Å². The molecule has 21 heavy (non-hydrogen) atoms. The lowest BCUT2D eigenvalue weighted by Crippen LogP contribution is -2.35. The summed E-state index contributed by atoms with van der Waals surface area (Å²) in [4.78, 5) is 12.1. The van der Waals surface area contributed by atoms with Crippen LogP contribution in [0.3, 0.4) is 0 Å². The molecule has 118 valence electrons. The van der Waals surface area contributed by atoms with Crippen LogP contribution in [0.5, 0.6) is 0 Å². The van der Waals surface area contributed by atoms with E-state index in [0.29, 0.717) is 13.0 Å². The van der Waals surface area contributed by atoms with Crippen LogP contribution in [-0.2, 0) is 4.79 Å². The van der Waals surface area contributed by atoms with Crippen molar-refractivity contribution >= 4 is 18.3 Å². The van der Waals surface area contributed by atoms with E-state index in [9.17, 15) is 9.90 Å². The molecule has 5 heteroatoms. The van der Waals surface area contributed by atoms with Crippen molar-refractivity contribution in [3.05, 3.63) is 35.9 Å². The molecule has 0 radical (unpaired) electrons. The molecule has 1 saturated heterocycles. The Morgan fingerprint density at radius 2 is 2.14 bits per heavy atom. The van der Waals surface area contributed by atoms with Gasteiger partial charge in [-0.1, -0.05) is 30.3 Å². The van der Waals surface area contributed by atoms with Crippen LogP contribution in [0.1, 0.15) is 31.2 Å². The lowest BCUT2D eigenvalue weighted by atomic mass is 9.93. The number of hydrogen-bond donors (Lipinski definition) is 3. The summed E-state index contributed by atoms with van der Waals surface area (Å²) in [5.41, 5.74) is 1.17. The van der Waals surface area contributed by atoms with E-state index in [1.54, 1.807) is 6.92 Å². The van der Waals surface area contributed by atoms with E-state index in [4.69, 9.17) is 0 Å². The number of rotatable bonds is 6. The van der Waals surface area contributed by atoms with Gasteiger partial charge in [-0.05, 0) is 31.9 Å². The van der Waals surface area contributed by atoms with Gasteiger partial charge in [0.2, 0.25) is 5.91 Å². The third-order valence-electron chi connectivity index (χ3n) is 3.85. The van der Waals surface area contributed by atoms with Gasteiger partial charge < -0.3 is 15.7 Å². The SMILES string of the molecule is CC(O)CC(CNC(=O)C1CCNC1)c1ccccc1.Cl. The fourth-order valence-corrected chi connectivity index (χ4v) is 2.72. The van der Waals surface area contributed by atoms with Crippen molar-refractivity contribution in [2.24, 2.45) is 5.92 Å². The molecule has 1 aromatic rings. The van der Waals surface area contributed by atoms with E-state index >= 15 is 0 Å². The Kier molecular flexibility index (Phi) is 7.72. The minimum absolute atomic E-state index is 0. The molecular weight excluding hydrogens is 288 g/mol. The van der Waals surface area contributed by atoms with Gasteiger partial charge in [-0.15, -0.1) is 12.4 Å². The van der Waals surface area contributed by atoms with Crippen LogP contribution >= 0.6 is 12.4 Å². The summed E-state index contributed by atoms with van der Waals surface area (Å²) in [7, 11) is 0. The van der Waals surface area contributed by atoms with Crippen molar-refractivity contribution in [1.29, 1.82) is 0 Å². The highest BCUT2D eigenvalue weighted by molar-refractivity contribution is 5.85. The topological polar surface area (TPSA) is 61.4 Å². The van der Waals surface area contributed by atoms with Crippen LogP contribution in [0.4, 0.5) is 0 Å². The van der Waals surface area contributed by atoms with Gasteiger partial charge in [0.05, 0.1) is 12.0 Å². The summed E-state index contributed by atoms with van der Waals surface area (Å²) in [5.74, 6) is 0.383. The molecule has 0 saturated carbocycles. The second kappa shape index (κ2) is 9.03. The maximum Gasteiger partial charge on any atom is 0.224 e. The first-order valence-electron chi connectivity index (χ1n) is 7.38. The number of halogens is 1. The molecule has 0 bridgehead atoms. The van der Waals surface area contributed by atoms with Gasteiger partial charge in [0, 0.05) is 19.0 Å². The van der Waals surface area contributed by atoms with Crippen molar-refractivity contribution in [2.75, 3.05) is 19.6 Å². The lowest BCUT2D eigenvalue weighted by molar-refractivity contribution is -0.124. The second-order valence-electron chi connectivity index (χ2n) is 5.63. The molecule has 1 amide bonds. The molecule has 1 aromatic carbocycles. The number of carbonyl (C=O) groups excluding carboxylic acids is 1. The summed E-state index contributed by atoms with van der Waals surface area (Å²) >= 11 is 0. The average Bonchev–Trinajstić information content (AvgIpc) is 2.98. The fraction of sp³-hybridized carbons (Fsp3) is 0.562. The number of aliphatic hydroxyl groups is 1. The Morgan fingerprint density at radius 1 is 1.43 bits per heavy atom. The third kappa shape index (κ3) is 5.65. The Labute approximate surface area is 132 Å². The molecule has 1 heterocycles. The number of benzene rings is 1. The van der Waals surface area contributed by atoms with Gasteiger partial charge in [-0.25, -0.2) is 0 Å². The molecule has 2 rings (SSSR count). The second-order valence-corrected chi connectivity index (χ2v) is 5.63. The summed E-state index contributed by atoms with van der Waals surface area (Å²) in [6.07, 6.45) is 1.20. The minimum Gasteiger partial charge on any atom is -0.393 e. The molecule has 3 atom stereocenters. The van der Waals surface area contributed by atoms with Crippen LogP contribution in [0.15, 0.2) is 30.3 Å². The largest absolute Gasteiger partial charge is 0.393 e. The van der Waals surface area contributed by atoms with E-state index in [1.807, 2.05) is 18.2 Å². The smallest absolute Gasteiger partial charge is 0.224 e. The first-order chi connectivity index (χ1) is 9.66. The monoisotopic (exact) mass is 312 g/mol. The fourth-order valence-electron chi connectivity index (χ4n) is 2.72. The minimum atomic E-state index is -0.370. The number of hydrogen-bond acceptors (Lipinski definition) is 3. The molecule has 0 aliphatic carbocycles. The normalized spacial score (nSPS) is 20.4. The number of amides is 1. The highest BCUT2D eigenvalue weighted by atomic mass is 35.5. The van der Waals surface area contributed by atoms with Crippen LogP contribution in [0.25, 0.3) is 0 Å². The maximum absolute atomic E-state index is 12.1. The van der Waals surface area contributed by atoms with Gasteiger partial charge in [0.15, 0.2) is 0 Å². The van der Waals surface area contributed by atoms with Crippen molar-refractivity contribution in [3.63, 3.8) is 0 Å². The number of nitrogens with one attached hydrogen (secondary N) is 2. The van der Waals surface area contributed by atoms with E-state index in [2.05, 4.69) is 22.8 Å². The molecule has 1 fully saturated rings. The zero-order valence-corrected chi connectivity index (χ0v) is 13.2. The third-order valence-corrected chi connectivity index (χ3v) is 3.85. The molecule has 3 unspecified atom stereocenters. The van der Waals surface area contributed by atoms with Gasteiger partial charge >= 0.3 is 0 Å². The molecule has 0 aromatic heterocycles. The van der Waals surface area contributed by atoms with Crippen LogP contribution in [0, 0.1) is 5.92 Å². The number of aliphatic hydroxyl groups excluding tert-OH is 1. The van der Waals surface area contributed by atoms with Gasteiger partial charge in [-0.2, -0.15) is 0 Å². The standard InChI is InChI=1S/C16H24N2O2.ClH/c1-12(19)9-15(13-5-3-2-4-6-13)11-18-16(20)14-7-8-17-10-14;/h2-6,12,14-15,17,19H,7-11H2,1H3,(H,18,20);1H. The average molecular weight is 313 g/mol. The van der Waals surface area contributed by atoms with Gasteiger partial charge in [-0.3, -0.25) is 4.79 Å². The molecule has 1 aliphatic rings. The zero-order chi connectivity index (χ0) is 14.4. The molecular formula is C16H25ClN2O2. The summed E-state index contributed by atoms with van der Waals surface area (Å²) in [6.45, 7) is 4.08. The predicted octanol–water partition coefficient (Wildman–Crippen LogP) is 1.69. The maximum atomic E-state index is 12.1. The van der Waals surface area contributed by atoms with Crippen molar-refractivity contribution in [1.82, 2.24) is 10.6 Å². The Morgan fingerprint density at radius 3 is 2.71 bits per heavy atom. The van der Waals surface area contributed by atoms with Crippen molar-refractivity contribution < 1.29 is 9.90 Å². The van der Waals surface area contributed by atoms with Crippen molar-refractivity contribution in [3.8, 4) is 0 Å². The van der Waals surface area contributed by atoms with Crippen LogP contribution in [0.2, 0.25) is 0 Å². The predicted molar refractivity (Wildman–Crippen MR) is 86.7 cm³/mol. The Bertz CT molecular complexity index is 420. The molecule has 3 N–H and O–H groups in total. The summed E-state index contributed by atoms with van der Waals surface area (Å²) < 4.78 is 0. The van der Waals surface area contributed by atoms with Crippen molar-refractivity contribution in [2.45, 2.75) is 31.8 Å². The quantitative estimate of drug-likeness (QED) is 0.749. The molecule has 0 spiro atoms.